The lowest BCUT2D eigenvalue weighted by molar-refractivity contribution is -0.255. The Morgan fingerprint density at radius 3 is 2.68 bits per heavy atom. The van der Waals surface area contributed by atoms with E-state index in [0.29, 0.717) is 15.8 Å². The molecule has 1 heterocycles. The molecule has 8 heteroatoms. The summed E-state index contributed by atoms with van der Waals surface area (Å²) in [4.78, 5) is 30.0. The van der Waals surface area contributed by atoms with E-state index in [4.69, 9.17) is 16.3 Å². The van der Waals surface area contributed by atoms with Crippen LogP contribution in [0.3, 0.4) is 0 Å². The van der Waals surface area contributed by atoms with E-state index < -0.39 is 5.97 Å². The molecule has 0 atom stereocenters. The number of carbonyl (C=O) groups is 2. The number of carboxylic acid groups (broad SMARTS) is 1. The van der Waals surface area contributed by atoms with Gasteiger partial charge in [-0.05, 0) is 66.2 Å². The summed E-state index contributed by atoms with van der Waals surface area (Å²) in [6.07, 6.45) is 1.78. The quantitative estimate of drug-likeness (QED) is 0.716. The third-order valence-electron chi connectivity index (χ3n) is 4.11. The van der Waals surface area contributed by atoms with Crippen LogP contribution >= 0.6 is 23.4 Å². The van der Waals surface area contributed by atoms with Crippen LogP contribution in [-0.4, -0.2) is 36.1 Å². The van der Waals surface area contributed by atoms with Gasteiger partial charge in [-0.15, -0.1) is 0 Å². The van der Waals surface area contributed by atoms with Crippen LogP contribution in [0.25, 0.3) is 6.08 Å². The number of carboxylic acids is 1. The van der Waals surface area contributed by atoms with E-state index in [1.165, 1.54) is 28.8 Å². The average Bonchev–Trinajstić information content (AvgIpc) is 2.91. The second-order valence-electron chi connectivity index (χ2n) is 6.05. The topological polar surface area (TPSA) is 82.0 Å². The minimum atomic E-state index is -1.38. The van der Waals surface area contributed by atoms with E-state index in [0.717, 1.165) is 16.9 Å². The summed E-state index contributed by atoms with van der Waals surface area (Å²) in [6.45, 7) is 1.93. The van der Waals surface area contributed by atoms with Gasteiger partial charge in [-0.25, -0.2) is 4.99 Å². The summed E-state index contributed by atoms with van der Waals surface area (Å²) in [5.74, 6) is -0.796. The Labute approximate surface area is 171 Å². The lowest BCUT2D eigenvalue weighted by Gasteiger charge is -2.09. The Bertz CT molecular complexity index is 1030. The van der Waals surface area contributed by atoms with Crippen molar-refractivity contribution >= 4 is 52.2 Å². The molecule has 144 valence electrons. The molecule has 0 aromatic heterocycles. The van der Waals surface area contributed by atoms with E-state index in [1.54, 1.807) is 26.3 Å². The molecule has 1 fully saturated rings. The Morgan fingerprint density at radius 1 is 1.29 bits per heavy atom. The third kappa shape index (κ3) is 4.05. The number of aliphatic imine (C=N–C) groups is 1. The molecule has 1 saturated heterocycles. The molecule has 1 aliphatic rings. The molecule has 1 amide bonds. The van der Waals surface area contributed by atoms with E-state index in [-0.39, 0.29) is 16.5 Å². The molecular formula is C20H16ClN2O4S-. The number of amidine groups is 1. The van der Waals surface area contributed by atoms with Gasteiger partial charge >= 0.3 is 0 Å². The van der Waals surface area contributed by atoms with Crippen molar-refractivity contribution in [3.8, 4) is 5.75 Å². The second-order valence-corrected chi connectivity index (χ2v) is 7.47. The van der Waals surface area contributed by atoms with Gasteiger partial charge in [-0.3, -0.25) is 9.69 Å². The maximum atomic E-state index is 12.6. The lowest BCUT2D eigenvalue weighted by Crippen LogP contribution is -2.24. The second kappa shape index (κ2) is 8.08. The van der Waals surface area contributed by atoms with Gasteiger partial charge in [0, 0.05) is 17.6 Å². The number of nitrogens with zero attached hydrogens (tertiary/aromatic N) is 2. The Kier molecular flexibility index (Phi) is 5.76. The number of methoxy groups -OCH3 is 1. The monoisotopic (exact) mass is 415 g/mol. The first-order valence-electron chi connectivity index (χ1n) is 8.22. The van der Waals surface area contributed by atoms with Crippen molar-refractivity contribution in [2.45, 2.75) is 6.92 Å². The number of likely N-dealkylation sites (N-methyl/N-ethyl adjacent to an activating group) is 1. The van der Waals surface area contributed by atoms with Crippen LogP contribution in [0.2, 0.25) is 5.02 Å². The van der Waals surface area contributed by atoms with Crippen molar-refractivity contribution in [2.75, 3.05) is 14.2 Å². The fraction of sp³-hybridized carbons (Fsp3) is 0.150. The summed E-state index contributed by atoms with van der Waals surface area (Å²) in [5.41, 5.74) is 2.05. The first kappa shape index (κ1) is 20.0. The summed E-state index contributed by atoms with van der Waals surface area (Å²) in [5, 5.41) is 11.6. The Balaban J connectivity index is 1.91. The molecule has 0 N–H and O–H groups in total. The molecule has 0 bridgehead atoms. The maximum Gasteiger partial charge on any atom is 0.266 e. The van der Waals surface area contributed by atoms with Gasteiger partial charge in [0.2, 0.25) is 0 Å². The maximum absolute atomic E-state index is 12.6. The smallest absolute Gasteiger partial charge is 0.266 e. The number of ether oxygens (including phenoxy) is 1. The molecule has 28 heavy (non-hydrogen) atoms. The minimum Gasteiger partial charge on any atom is -0.545 e. The number of benzene rings is 2. The van der Waals surface area contributed by atoms with Crippen LogP contribution in [0.15, 0.2) is 46.3 Å². The van der Waals surface area contributed by atoms with Crippen molar-refractivity contribution in [1.29, 1.82) is 0 Å². The van der Waals surface area contributed by atoms with E-state index in [1.807, 2.05) is 25.1 Å². The zero-order valence-electron chi connectivity index (χ0n) is 15.4. The standard InChI is InChI=1S/C20H17ClN2O4S/c1-11-8-12(4-7-16(11)27-3)9-17-18(24)23(2)20(28-17)22-13-5-6-15(21)14(10-13)19(25)26/h4-10H,1-3H3,(H,25,26)/p-1/b17-9-,22-20?. The van der Waals surface area contributed by atoms with Crippen molar-refractivity contribution in [3.63, 3.8) is 0 Å². The first-order valence-corrected chi connectivity index (χ1v) is 9.41. The molecule has 0 unspecified atom stereocenters. The number of hydrogen-bond donors (Lipinski definition) is 0. The van der Waals surface area contributed by atoms with Crippen LogP contribution in [0.5, 0.6) is 5.75 Å². The Morgan fingerprint density at radius 2 is 2.04 bits per heavy atom. The third-order valence-corrected chi connectivity index (χ3v) is 5.50. The van der Waals surface area contributed by atoms with Crippen LogP contribution in [0, 0.1) is 6.92 Å². The van der Waals surface area contributed by atoms with Gasteiger partial charge in [0.25, 0.3) is 5.91 Å². The van der Waals surface area contributed by atoms with Crippen molar-refractivity contribution in [1.82, 2.24) is 4.90 Å². The number of carbonyl (C=O) groups excluding carboxylic acids is 2. The van der Waals surface area contributed by atoms with Crippen LogP contribution in [-0.2, 0) is 4.79 Å². The summed E-state index contributed by atoms with van der Waals surface area (Å²) in [6, 6.07) is 9.98. The first-order chi connectivity index (χ1) is 13.3. The number of hydrogen-bond acceptors (Lipinski definition) is 6. The van der Waals surface area contributed by atoms with E-state index >= 15 is 0 Å². The number of amides is 1. The highest BCUT2D eigenvalue weighted by atomic mass is 35.5. The van der Waals surface area contributed by atoms with E-state index in [9.17, 15) is 14.7 Å². The predicted octanol–water partition coefficient (Wildman–Crippen LogP) is 3.25. The predicted molar refractivity (Wildman–Crippen MR) is 109 cm³/mol. The highest BCUT2D eigenvalue weighted by Crippen LogP contribution is 2.34. The molecule has 2 aromatic carbocycles. The van der Waals surface area contributed by atoms with Crippen molar-refractivity contribution in [3.05, 3.63) is 63.0 Å². The van der Waals surface area contributed by atoms with Crippen LogP contribution in [0.4, 0.5) is 5.69 Å². The average molecular weight is 416 g/mol. The van der Waals surface area contributed by atoms with Crippen molar-refractivity contribution < 1.29 is 19.4 Å². The van der Waals surface area contributed by atoms with Gasteiger partial charge in [0.05, 0.1) is 23.7 Å². The molecular weight excluding hydrogens is 400 g/mol. The summed E-state index contributed by atoms with van der Waals surface area (Å²) < 4.78 is 5.25. The number of rotatable bonds is 4. The highest BCUT2D eigenvalue weighted by molar-refractivity contribution is 8.18. The molecule has 0 radical (unpaired) electrons. The number of thioether (sulfide) groups is 1. The molecule has 0 aliphatic carbocycles. The molecule has 2 aromatic rings. The minimum absolute atomic E-state index is 0.0721. The fourth-order valence-corrected chi connectivity index (χ4v) is 3.83. The SMILES string of the molecule is COc1ccc(/C=C2\SC(=Nc3ccc(Cl)c(C(=O)[O-])c3)N(C)C2=O)cc1C. The van der Waals surface area contributed by atoms with Gasteiger partial charge in [-0.1, -0.05) is 17.7 Å². The largest absolute Gasteiger partial charge is 0.545 e. The van der Waals surface area contributed by atoms with E-state index in [2.05, 4.69) is 4.99 Å². The number of halogens is 1. The normalized spacial score (nSPS) is 16.9. The lowest BCUT2D eigenvalue weighted by atomic mass is 10.1. The molecule has 0 saturated carbocycles. The molecule has 6 nitrogen and oxygen atoms in total. The molecule has 0 spiro atoms. The van der Waals surface area contributed by atoms with Crippen LogP contribution in [0.1, 0.15) is 21.5 Å². The zero-order chi connectivity index (χ0) is 20.4. The van der Waals surface area contributed by atoms with Gasteiger partial charge in [0.1, 0.15) is 5.75 Å². The summed E-state index contributed by atoms with van der Waals surface area (Å²) >= 11 is 7.06. The highest BCUT2D eigenvalue weighted by Gasteiger charge is 2.30. The van der Waals surface area contributed by atoms with Crippen LogP contribution < -0.4 is 9.84 Å². The fourth-order valence-electron chi connectivity index (χ4n) is 2.64. The molecule has 1 aliphatic heterocycles. The van der Waals surface area contributed by atoms with Gasteiger partial charge in [-0.2, -0.15) is 0 Å². The number of aryl methyl sites for hydroxylation is 1. The zero-order valence-corrected chi connectivity index (χ0v) is 16.9. The summed E-state index contributed by atoms with van der Waals surface area (Å²) in [7, 11) is 3.22. The van der Waals surface area contributed by atoms with Gasteiger partial charge in [0.15, 0.2) is 5.17 Å². The Hall–Kier alpha value is -2.77. The molecule has 3 rings (SSSR count). The van der Waals surface area contributed by atoms with Crippen molar-refractivity contribution in [2.24, 2.45) is 4.99 Å². The van der Waals surface area contributed by atoms with Gasteiger partial charge < -0.3 is 14.6 Å². The number of aromatic carboxylic acids is 1.